The van der Waals surface area contributed by atoms with E-state index >= 15 is 0 Å². The van der Waals surface area contributed by atoms with E-state index in [2.05, 4.69) is 4.90 Å². The van der Waals surface area contributed by atoms with E-state index < -0.39 is 0 Å². The Kier molecular flexibility index (Phi) is 5.54. The highest BCUT2D eigenvalue weighted by Gasteiger charge is 2.17. The van der Waals surface area contributed by atoms with Crippen molar-refractivity contribution in [3.05, 3.63) is 70.7 Å². The molecule has 0 aliphatic rings. The molecule has 0 aliphatic carbocycles. The molecule has 3 heteroatoms. The first-order valence-electron chi connectivity index (χ1n) is 7.09. The van der Waals surface area contributed by atoms with E-state index in [1.165, 1.54) is 0 Å². The zero-order chi connectivity index (χ0) is 15.2. The third kappa shape index (κ3) is 4.42. The fourth-order valence-corrected chi connectivity index (χ4v) is 2.61. The Bertz CT molecular complexity index is 597. The van der Waals surface area contributed by atoms with Crippen LogP contribution in [0.5, 0.6) is 0 Å². The summed E-state index contributed by atoms with van der Waals surface area (Å²) in [6, 6.07) is 17.3. The summed E-state index contributed by atoms with van der Waals surface area (Å²) in [5.74, 6) is 0.140. The first-order valence-corrected chi connectivity index (χ1v) is 7.47. The summed E-state index contributed by atoms with van der Waals surface area (Å²) >= 11 is 6.17. The number of ketones is 1. The lowest BCUT2D eigenvalue weighted by Gasteiger charge is -2.21. The number of Topliss-reactive ketones (excluding diaryl/α,β-unsaturated/α-hetero) is 1. The van der Waals surface area contributed by atoms with Crippen LogP contribution >= 0.6 is 11.6 Å². The third-order valence-electron chi connectivity index (χ3n) is 3.49. The molecular weight excluding hydrogens is 282 g/mol. The normalized spacial score (nSPS) is 12.4. The van der Waals surface area contributed by atoms with Crippen molar-refractivity contribution in [1.29, 1.82) is 0 Å². The van der Waals surface area contributed by atoms with Crippen LogP contribution in [0.1, 0.15) is 22.8 Å². The molecule has 2 rings (SSSR count). The standard InChI is InChI=1S/C18H20ClNO/c1-14(18(21)15-8-4-3-5-9-15)12-20(2)13-16-10-6-7-11-17(16)19/h3-11,14H,12-13H2,1-2H3. The molecule has 0 saturated carbocycles. The Morgan fingerprint density at radius 1 is 1.10 bits per heavy atom. The van der Waals surface area contributed by atoms with Crippen LogP contribution in [-0.4, -0.2) is 24.3 Å². The van der Waals surface area contributed by atoms with Gasteiger partial charge in [0.15, 0.2) is 5.78 Å². The van der Waals surface area contributed by atoms with Gasteiger partial charge < -0.3 is 4.90 Å². The molecule has 2 aromatic rings. The fraction of sp³-hybridized carbons (Fsp3) is 0.278. The monoisotopic (exact) mass is 301 g/mol. The highest BCUT2D eigenvalue weighted by Crippen LogP contribution is 2.17. The van der Waals surface area contributed by atoms with Gasteiger partial charge in [0, 0.05) is 29.6 Å². The molecule has 0 spiro atoms. The summed E-state index contributed by atoms with van der Waals surface area (Å²) < 4.78 is 0. The minimum atomic E-state index is -0.0418. The lowest BCUT2D eigenvalue weighted by molar-refractivity contribution is 0.0901. The molecule has 1 unspecified atom stereocenters. The summed E-state index contributed by atoms with van der Waals surface area (Å²) in [5.41, 5.74) is 1.86. The second-order valence-corrected chi connectivity index (χ2v) is 5.83. The molecule has 2 aromatic carbocycles. The van der Waals surface area contributed by atoms with Crippen LogP contribution in [0.3, 0.4) is 0 Å². The van der Waals surface area contributed by atoms with Crippen molar-refractivity contribution in [3.63, 3.8) is 0 Å². The molecule has 0 bridgehead atoms. The summed E-state index contributed by atoms with van der Waals surface area (Å²) in [7, 11) is 2.01. The van der Waals surface area contributed by atoms with E-state index in [9.17, 15) is 4.79 Å². The second kappa shape index (κ2) is 7.39. The Balaban J connectivity index is 1.95. The molecule has 1 atom stereocenters. The number of carbonyl (C=O) groups excluding carboxylic acids is 1. The van der Waals surface area contributed by atoms with Gasteiger partial charge in [0.2, 0.25) is 0 Å². The average Bonchev–Trinajstić information content (AvgIpc) is 2.49. The Hall–Kier alpha value is -1.64. The van der Waals surface area contributed by atoms with Crippen molar-refractivity contribution in [2.75, 3.05) is 13.6 Å². The molecule has 0 aliphatic heterocycles. The summed E-state index contributed by atoms with van der Waals surface area (Å²) in [4.78, 5) is 14.5. The molecule has 0 radical (unpaired) electrons. The summed E-state index contributed by atoms with van der Waals surface area (Å²) in [6.45, 7) is 3.42. The molecule has 0 fully saturated rings. The lowest BCUT2D eigenvalue weighted by Crippen LogP contribution is -2.28. The highest BCUT2D eigenvalue weighted by atomic mass is 35.5. The number of nitrogens with zero attached hydrogens (tertiary/aromatic N) is 1. The van der Waals surface area contributed by atoms with E-state index in [1.54, 1.807) is 0 Å². The predicted molar refractivity (Wildman–Crippen MR) is 87.7 cm³/mol. The van der Waals surface area contributed by atoms with E-state index in [0.717, 1.165) is 22.7 Å². The Labute approximate surface area is 131 Å². The van der Waals surface area contributed by atoms with Crippen molar-refractivity contribution in [2.45, 2.75) is 13.5 Å². The van der Waals surface area contributed by atoms with Crippen LogP contribution in [-0.2, 0) is 6.54 Å². The molecule has 0 N–H and O–H groups in total. The van der Waals surface area contributed by atoms with Crippen LogP contribution < -0.4 is 0 Å². The van der Waals surface area contributed by atoms with E-state index in [0.29, 0.717) is 6.54 Å². The molecule has 21 heavy (non-hydrogen) atoms. The van der Waals surface area contributed by atoms with E-state index in [4.69, 9.17) is 11.6 Å². The summed E-state index contributed by atoms with van der Waals surface area (Å²) in [6.07, 6.45) is 0. The van der Waals surface area contributed by atoms with E-state index in [-0.39, 0.29) is 11.7 Å². The molecular formula is C18H20ClNO. The average molecular weight is 302 g/mol. The number of hydrogen-bond acceptors (Lipinski definition) is 2. The second-order valence-electron chi connectivity index (χ2n) is 5.42. The molecule has 110 valence electrons. The van der Waals surface area contributed by atoms with Gasteiger partial charge in [-0.3, -0.25) is 4.79 Å². The van der Waals surface area contributed by atoms with Gasteiger partial charge in [0.05, 0.1) is 0 Å². The number of hydrogen-bond donors (Lipinski definition) is 0. The van der Waals surface area contributed by atoms with Crippen LogP contribution in [0.15, 0.2) is 54.6 Å². The molecule has 2 nitrogen and oxygen atoms in total. The van der Waals surface area contributed by atoms with Gasteiger partial charge in [0.1, 0.15) is 0 Å². The molecule has 0 saturated heterocycles. The maximum absolute atomic E-state index is 12.3. The maximum atomic E-state index is 12.3. The van der Waals surface area contributed by atoms with E-state index in [1.807, 2.05) is 68.6 Å². The molecule has 0 aromatic heterocycles. The van der Waals surface area contributed by atoms with Gasteiger partial charge in [-0.2, -0.15) is 0 Å². The summed E-state index contributed by atoms with van der Waals surface area (Å²) in [5, 5.41) is 0.770. The Morgan fingerprint density at radius 3 is 2.38 bits per heavy atom. The number of benzene rings is 2. The van der Waals surface area contributed by atoms with Crippen molar-refractivity contribution in [3.8, 4) is 0 Å². The minimum Gasteiger partial charge on any atom is -0.301 e. The topological polar surface area (TPSA) is 20.3 Å². The van der Waals surface area contributed by atoms with Gasteiger partial charge in [0.25, 0.3) is 0 Å². The zero-order valence-corrected chi connectivity index (χ0v) is 13.2. The zero-order valence-electron chi connectivity index (χ0n) is 12.4. The van der Waals surface area contributed by atoms with Crippen LogP contribution in [0.2, 0.25) is 5.02 Å². The van der Waals surface area contributed by atoms with Crippen molar-refractivity contribution in [1.82, 2.24) is 4.90 Å². The molecule has 0 heterocycles. The van der Waals surface area contributed by atoms with Crippen LogP contribution in [0.4, 0.5) is 0 Å². The fourth-order valence-electron chi connectivity index (χ4n) is 2.42. The minimum absolute atomic E-state index is 0.0418. The van der Waals surface area contributed by atoms with Gasteiger partial charge in [-0.1, -0.05) is 67.1 Å². The number of carbonyl (C=O) groups is 1. The van der Waals surface area contributed by atoms with Crippen molar-refractivity contribution in [2.24, 2.45) is 5.92 Å². The largest absolute Gasteiger partial charge is 0.301 e. The van der Waals surface area contributed by atoms with Gasteiger partial charge in [-0.05, 0) is 18.7 Å². The van der Waals surface area contributed by atoms with Crippen molar-refractivity contribution < 1.29 is 4.79 Å². The lowest BCUT2D eigenvalue weighted by atomic mass is 9.99. The van der Waals surface area contributed by atoms with Gasteiger partial charge in [-0.25, -0.2) is 0 Å². The first kappa shape index (κ1) is 15.7. The maximum Gasteiger partial charge on any atom is 0.166 e. The smallest absolute Gasteiger partial charge is 0.166 e. The van der Waals surface area contributed by atoms with Crippen LogP contribution in [0, 0.1) is 5.92 Å². The number of rotatable bonds is 6. The van der Waals surface area contributed by atoms with Crippen molar-refractivity contribution >= 4 is 17.4 Å². The molecule has 0 amide bonds. The Morgan fingerprint density at radius 2 is 1.71 bits per heavy atom. The third-order valence-corrected chi connectivity index (χ3v) is 3.86. The van der Waals surface area contributed by atoms with Gasteiger partial charge in [-0.15, -0.1) is 0 Å². The van der Waals surface area contributed by atoms with Gasteiger partial charge >= 0.3 is 0 Å². The predicted octanol–water partition coefficient (Wildman–Crippen LogP) is 4.29. The van der Waals surface area contributed by atoms with Crippen LogP contribution in [0.25, 0.3) is 0 Å². The quantitative estimate of drug-likeness (QED) is 0.742. The highest BCUT2D eigenvalue weighted by molar-refractivity contribution is 6.31. The first-order chi connectivity index (χ1) is 10.1. The SMILES string of the molecule is CC(CN(C)Cc1ccccc1Cl)C(=O)c1ccccc1. The number of halogens is 1.